The summed E-state index contributed by atoms with van der Waals surface area (Å²) in [6, 6.07) is 4.71. The van der Waals surface area contributed by atoms with Crippen molar-refractivity contribution in [1.29, 1.82) is 0 Å². The number of hydrogen-bond acceptors (Lipinski definition) is 3. The van der Waals surface area contributed by atoms with Crippen molar-refractivity contribution >= 4 is 23.4 Å². The van der Waals surface area contributed by atoms with E-state index in [0.717, 1.165) is 18.4 Å². The summed E-state index contributed by atoms with van der Waals surface area (Å²) in [5.41, 5.74) is 6.26. The average molecular weight is 325 g/mol. The van der Waals surface area contributed by atoms with Crippen LogP contribution in [0.3, 0.4) is 0 Å². The molecule has 0 spiro atoms. The number of amides is 2. The Bertz CT molecular complexity index is 577. The number of nitrogens with two attached hydrogens (primary N) is 1. The van der Waals surface area contributed by atoms with E-state index in [9.17, 15) is 9.59 Å². The zero-order valence-corrected chi connectivity index (χ0v) is 13.6. The molecule has 6 heteroatoms. The number of primary amides is 1. The van der Waals surface area contributed by atoms with Gasteiger partial charge >= 0.3 is 0 Å². The first-order valence-corrected chi connectivity index (χ1v) is 7.80. The summed E-state index contributed by atoms with van der Waals surface area (Å²) in [6.07, 6.45) is 1.72. The SMILES string of the molecule is Cc1cc(Cl)ccc1OC(C)C(=O)N1CCCCC1C(N)=O. The van der Waals surface area contributed by atoms with Gasteiger partial charge in [0, 0.05) is 11.6 Å². The molecule has 120 valence electrons. The summed E-state index contributed by atoms with van der Waals surface area (Å²) < 4.78 is 5.74. The van der Waals surface area contributed by atoms with Gasteiger partial charge in [0.1, 0.15) is 11.8 Å². The molecule has 1 heterocycles. The lowest BCUT2D eigenvalue weighted by atomic mass is 10.0. The molecule has 1 aliphatic rings. The molecule has 0 radical (unpaired) electrons. The molecule has 0 aromatic heterocycles. The summed E-state index contributed by atoms with van der Waals surface area (Å²) in [5, 5.41) is 0.619. The number of aryl methyl sites for hydroxylation is 1. The molecule has 0 bridgehead atoms. The van der Waals surface area contributed by atoms with E-state index in [1.54, 1.807) is 30.0 Å². The van der Waals surface area contributed by atoms with Crippen LogP contribution in [0.15, 0.2) is 18.2 Å². The fraction of sp³-hybridized carbons (Fsp3) is 0.500. The Hall–Kier alpha value is -1.75. The van der Waals surface area contributed by atoms with E-state index >= 15 is 0 Å². The Morgan fingerprint density at radius 2 is 2.14 bits per heavy atom. The van der Waals surface area contributed by atoms with Crippen LogP contribution in [0.4, 0.5) is 0 Å². The molecule has 2 atom stereocenters. The molecule has 2 amide bonds. The number of likely N-dealkylation sites (tertiary alicyclic amines) is 1. The minimum Gasteiger partial charge on any atom is -0.481 e. The fourth-order valence-corrected chi connectivity index (χ4v) is 2.94. The van der Waals surface area contributed by atoms with Crippen molar-refractivity contribution < 1.29 is 14.3 Å². The number of nitrogens with zero attached hydrogens (tertiary/aromatic N) is 1. The van der Waals surface area contributed by atoms with Gasteiger partial charge in [-0.25, -0.2) is 0 Å². The lowest BCUT2D eigenvalue weighted by molar-refractivity contribution is -0.146. The lowest BCUT2D eigenvalue weighted by Crippen LogP contribution is -2.53. The van der Waals surface area contributed by atoms with E-state index in [1.165, 1.54) is 0 Å². The first kappa shape index (κ1) is 16.6. The number of benzene rings is 1. The van der Waals surface area contributed by atoms with Gasteiger partial charge in [0.15, 0.2) is 6.10 Å². The summed E-state index contributed by atoms with van der Waals surface area (Å²) in [6.45, 7) is 4.09. The quantitative estimate of drug-likeness (QED) is 0.923. The van der Waals surface area contributed by atoms with Crippen LogP contribution in [0, 0.1) is 6.92 Å². The van der Waals surface area contributed by atoms with Crippen molar-refractivity contribution in [3.05, 3.63) is 28.8 Å². The number of piperidine rings is 1. The van der Waals surface area contributed by atoms with Gasteiger partial charge < -0.3 is 15.4 Å². The van der Waals surface area contributed by atoms with Crippen LogP contribution >= 0.6 is 11.6 Å². The van der Waals surface area contributed by atoms with Gasteiger partial charge in [0.25, 0.3) is 5.91 Å². The molecule has 1 fully saturated rings. The molecule has 0 saturated carbocycles. The van der Waals surface area contributed by atoms with Crippen LogP contribution in [0.2, 0.25) is 5.02 Å². The number of hydrogen-bond donors (Lipinski definition) is 1. The van der Waals surface area contributed by atoms with Gasteiger partial charge in [0.2, 0.25) is 5.91 Å². The summed E-state index contributed by atoms with van der Waals surface area (Å²) in [4.78, 5) is 25.6. The highest BCUT2D eigenvalue weighted by atomic mass is 35.5. The van der Waals surface area contributed by atoms with Crippen LogP contribution in [0.1, 0.15) is 31.7 Å². The second-order valence-corrected chi connectivity index (χ2v) is 6.05. The first-order valence-electron chi connectivity index (χ1n) is 7.42. The van der Waals surface area contributed by atoms with Gasteiger partial charge in [-0.2, -0.15) is 0 Å². The van der Waals surface area contributed by atoms with Crippen LogP contribution in [0.25, 0.3) is 0 Å². The van der Waals surface area contributed by atoms with Crippen LogP contribution in [-0.2, 0) is 9.59 Å². The standard InChI is InChI=1S/C16H21ClN2O3/c1-10-9-12(17)6-7-14(10)22-11(2)16(21)19-8-4-3-5-13(19)15(18)20/h6-7,9,11,13H,3-5,8H2,1-2H3,(H2,18,20). The van der Waals surface area contributed by atoms with E-state index < -0.39 is 18.1 Å². The highest BCUT2D eigenvalue weighted by molar-refractivity contribution is 6.30. The van der Waals surface area contributed by atoms with Crippen molar-refractivity contribution in [3.63, 3.8) is 0 Å². The monoisotopic (exact) mass is 324 g/mol. The number of ether oxygens (including phenoxy) is 1. The number of carbonyl (C=O) groups excluding carboxylic acids is 2. The Morgan fingerprint density at radius 1 is 1.41 bits per heavy atom. The number of rotatable bonds is 4. The summed E-state index contributed by atoms with van der Waals surface area (Å²) in [5.74, 6) is -0.0568. The molecule has 2 unspecified atom stereocenters. The van der Waals surface area contributed by atoms with E-state index in [1.807, 2.05) is 6.92 Å². The highest BCUT2D eigenvalue weighted by Gasteiger charge is 2.33. The molecule has 1 aromatic rings. The second kappa shape index (κ2) is 7.01. The van der Waals surface area contributed by atoms with E-state index in [4.69, 9.17) is 22.1 Å². The van der Waals surface area contributed by atoms with Crippen molar-refractivity contribution in [2.75, 3.05) is 6.54 Å². The summed E-state index contributed by atoms with van der Waals surface area (Å²) in [7, 11) is 0. The zero-order valence-electron chi connectivity index (χ0n) is 12.8. The van der Waals surface area contributed by atoms with Crippen molar-refractivity contribution in [1.82, 2.24) is 4.90 Å². The molecule has 22 heavy (non-hydrogen) atoms. The van der Waals surface area contributed by atoms with Gasteiger partial charge in [-0.05, 0) is 56.9 Å². The molecule has 5 nitrogen and oxygen atoms in total. The third kappa shape index (κ3) is 3.71. The van der Waals surface area contributed by atoms with Crippen molar-refractivity contribution in [2.45, 2.75) is 45.3 Å². The predicted octanol–water partition coefficient (Wildman–Crippen LogP) is 2.28. The minimum absolute atomic E-state index is 0.210. The summed E-state index contributed by atoms with van der Waals surface area (Å²) >= 11 is 5.91. The second-order valence-electron chi connectivity index (χ2n) is 5.62. The molecular weight excluding hydrogens is 304 g/mol. The minimum atomic E-state index is -0.681. The van der Waals surface area contributed by atoms with E-state index in [2.05, 4.69) is 0 Å². The Kier molecular flexibility index (Phi) is 5.29. The maximum Gasteiger partial charge on any atom is 0.264 e. The topological polar surface area (TPSA) is 72.6 Å². The third-order valence-corrected chi connectivity index (χ3v) is 4.14. The van der Waals surface area contributed by atoms with Crippen LogP contribution in [-0.4, -0.2) is 35.4 Å². The third-order valence-electron chi connectivity index (χ3n) is 3.90. The molecule has 2 N–H and O–H groups in total. The molecule has 1 aromatic carbocycles. The van der Waals surface area contributed by atoms with Crippen molar-refractivity contribution in [2.24, 2.45) is 5.73 Å². The van der Waals surface area contributed by atoms with Gasteiger partial charge in [-0.1, -0.05) is 11.6 Å². The largest absolute Gasteiger partial charge is 0.481 e. The fourth-order valence-electron chi connectivity index (χ4n) is 2.71. The molecule has 0 aliphatic carbocycles. The van der Waals surface area contributed by atoms with E-state index in [0.29, 0.717) is 23.7 Å². The van der Waals surface area contributed by atoms with Crippen LogP contribution < -0.4 is 10.5 Å². The Morgan fingerprint density at radius 3 is 2.77 bits per heavy atom. The normalized spacial score (nSPS) is 19.6. The molecule has 1 aliphatic heterocycles. The maximum absolute atomic E-state index is 12.6. The zero-order chi connectivity index (χ0) is 16.3. The molecule has 1 saturated heterocycles. The van der Waals surface area contributed by atoms with Gasteiger partial charge in [-0.3, -0.25) is 9.59 Å². The molecular formula is C16H21ClN2O3. The van der Waals surface area contributed by atoms with Gasteiger partial charge in [-0.15, -0.1) is 0 Å². The van der Waals surface area contributed by atoms with Crippen molar-refractivity contribution in [3.8, 4) is 5.75 Å². The number of carbonyl (C=O) groups is 2. The lowest BCUT2D eigenvalue weighted by Gasteiger charge is -2.35. The van der Waals surface area contributed by atoms with Crippen LogP contribution in [0.5, 0.6) is 5.75 Å². The maximum atomic E-state index is 12.6. The molecule has 2 rings (SSSR count). The predicted molar refractivity (Wildman–Crippen MR) is 84.8 cm³/mol. The number of halogens is 1. The smallest absolute Gasteiger partial charge is 0.264 e. The first-order chi connectivity index (χ1) is 10.4. The Balaban J connectivity index is 2.09. The van der Waals surface area contributed by atoms with E-state index in [-0.39, 0.29) is 5.91 Å². The Labute approximate surface area is 135 Å². The highest BCUT2D eigenvalue weighted by Crippen LogP contribution is 2.24. The average Bonchev–Trinajstić information content (AvgIpc) is 2.49. The van der Waals surface area contributed by atoms with Gasteiger partial charge in [0.05, 0.1) is 0 Å².